The molecule has 0 bridgehead atoms. The maximum absolute atomic E-state index is 5.46. The molecule has 1 heterocycles. The van der Waals surface area contributed by atoms with Gasteiger partial charge < -0.3 is 9.47 Å². The molecule has 0 fully saturated rings. The maximum Gasteiger partial charge on any atom is 0.178 e. The van der Waals surface area contributed by atoms with Crippen molar-refractivity contribution in [3.05, 3.63) is 21.9 Å². The second-order valence-electron chi connectivity index (χ2n) is 2.93. The van der Waals surface area contributed by atoms with Crippen LogP contribution in [-0.4, -0.2) is 20.5 Å². The molecule has 0 radical (unpaired) electrons. The summed E-state index contributed by atoms with van der Waals surface area (Å²) >= 11 is 1.68. The number of hydrazine groups is 1. The predicted octanol–water partition coefficient (Wildman–Crippen LogP) is 1.18. The van der Waals surface area contributed by atoms with E-state index < -0.39 is 0 Å². The number of rotatable bonds is 5. The van der Waals surface area contributed by atoms with Crippen molar-refractivity contribution in [3.8, 4) is 0 Å². The molecule has 0 aliphatic rings. The Balaban J connectivity index is 2.80. The number of thiophene rings is 1. The van der Waals surface area contributed by atoms with Crippen LogP contribution in [0.1, 0.15) is 15.8 Å². The SMILES string of the molecule is COC(OC)C(NN)c1ccc(C)s1. The molecule has 1 aromatic rings. The zero-order valence-corrected chi connectivity index (χ0v) is 9.43. The lowest BCUT2D eigenvalue weighted by Crippen LogP contribution is -2.38. The smallest absolute Gasteiger partial charge is 0.178 e. The first-order chi connectivity index (χ1) is 6.72. The third-order valence-electron chi connectivity index (χ3n) is 1.98. The highest BCUT2D eigenvalue weighted by Crippen LogP contribution is 2.25. The van der Waals surface area contributed by atoms with E-state index in [1.165, 1.54) is 4.88 Å². The molecule has 0 amide bonds. The van der Waals surface area contributed by atoms with Crippen LogP contribution >= 0.6 is 11.3 Å². The summed E-state index contributed by atoms with van der Waals surface area (Å²) in [5.41, 5.74) is 2.69. The van der Waals surface area contributed by atoms with Gasteiger partial charge in [-0.25, -0.2) is 5.43 Å². The van der Waals surface area contributed by atoms with Gasteiger partial charge in [0.25, 0.3) is 0 Å². The summed E-state index contributed by atoms with van der Waals surface area (Å²) in [6.45, 7) is 2.05. The first-order valence-electron chi connectivity index (χ1n) is 4.31. The Hall–Kier alpha value is -0.460. The summed E-state index contributed by atoms with van der Waals surface area (Å²) in [5, 5.41) is 0. The van der Waals surface area contributed by atoms with E-state index in [2.05, 4.69) is 12.3 Å². The minimum atomic E-state index is -0.363. The van der Waals surface area contributed by atoms with Crippen molar-refractivity contribution in [2.75, 3.05) is 14.2 Å². The van der Waals surface area contributed by atoms with E-state index in [1.807, 2.05) is 12.1 Å². The summed E-state index contributed by atoms with van der Waals surface area (Å²) in [7, 11) is 3.19. The molecule has 1 atom stereocenters. The number of nitrogens with one attached hydrogen (secondary N) is 1. The Morgan fingerprint density at radius 1 is 1.36 bits per heavy atom. The van der Waals surface area contributed by atoms with Crippen LogP contribution in [0, 0.1) is 6.92 Å². The van der Waals surface area contributed by atoms with Crippen LogP contribution in [0.5, 0.6) is 0 Å². The van der Waals surface area contributed by atoms with E-state index in [0.29, 0.717) is 0 Å². The Labute approximate surface area is 88.0 Å². The van der Waals surface area contributed by atoms with Gasteiger partial charge >= 0.3 is 0 Å². The van der Waals surface area contributed by atoms with E-state index >= 15 is 0 Å². The van der Waals surface area contributed by atoms with Crippen LogP contribution < -0.4 is 11.3 Å². The highest BCUT2D eigenvalue weighted by Gasteiger charge is 2.22. The molecule has 0 spiro atoms. The molecule has 0 aliphatic heterocycles. The lowest BCUT2D eigenvalue weighted by atomic mass is 10.2. The standard InChI is InChI=1S/C9H16N2O2S/c1-6-4-5-7(14-6)8(11-10)9(12-2)13-3/h4-5,8-9,11H,10H2,1-3H3. The molecule has 1 aromatic heterocycles. The second kappa shape index (κ2) is 5.43. The largest absolute Gasteiger partial charge is 0.354 e. The monoisotopic (exact) mass is 216 g/mol. The van der Waals surface area contributed by atoms with Crippen LogP contribution in [-0.2, 0) is 9.47 Å². The Kier molecular flexibility index (Phi) is 4.50. The molecule has 1 unspecified atom stereocenters. The summed E-state index contributed by atoms with van der Waals surface area (Å²) < 4.78 is 10.3. The van der Waals surface area contributed by atoms with Gasteiger partial charge in [-0.3, -0.25) is 5.84 Å². The number of methoxy groups -OCH3 is 2. The molecule has 0 aromatic carbocycles. The van der Waals surface area contributed by atoms with Gasteiger partial charge in [-0.15, -0.1) is 11.3 Å². The number of aryl methyl sites for hydroxylation is 1. The third-order valence-corrected chi connectivity index (χ3v) is 3.07. The Morgan fingerprint density at radius 2 is 2.00 bits per heavy atom. The van der Waals surface area contributed by atoms with Crippen molar-refractivity contribution < 1.29 is 9.47 Å². The van der Waals surface area contributed by atoms with Crippen molar-refractivity contribution in [1.29, 1.82) is 0 Å². The fourth-order valence-corrected chi connectivity index (χ4v) is 2.23. The molecule has 0 aliphatic carbocycles. The highest BCUT2D eigenvalue weighted by atomic mass is 32.1. The van der Waals surface area contributed by atoms with Crippen LogP contribution in [0.15, 0.2) is 12.1 Å². The van der Waals surface area contributed by atoms with Gasteiger partial charge in [-0.1, -0.05) is 0 Å². The molecule has 1 rings (SSSR count). The molecular formula is C9H16N2O2S. The third kappa shape index (κ3) is 2.52. The van der Waals surface area contributed by atoms with Crippen molar-refractivity contribution in [2.24, 2.45) is 5.84 Å². The number of ether oxygens (including phenoxy) is 2. The van der Waals surface area contributed by atoms with Crippen molar-refractivity contribution in [2.45, 2.75) is 19.3 Å². The van der Waals surface area contributed by atoms with Crippen LogP contribution in [0.3, 0.4) is 0 Å². The van der Waals surface area contributed by atoms with E-state index in [9.17, 15) is 0 Å². The Bertz CT molecular complexity index is 274. The zero-order chi connectivity index (χ0) is 10.6. The number of nitrogens with two attached hydrogens (primary N) is 1. The van der Waals surface area contributed by atoms with Gasteiger partial charge in [0.2, 0.25) is 0 Å². The zero-order valence-electron chi connectivity index (χ0n) is 8.61. The average Bonchev–Trinajstić information content (AvgIpc) is 2.60. The van der Waals surface area contributed by atoms with E-state index in [-0.39, 0.29) is 12.3 Å². The van der Waals surface area contributed by atoms with Crippen LogP contribution in [0.2, 0.25) is 0 Å². The number of hydrogen-bond acceptors (Lipinski definition) is 5. The highest BCUT2D eigenvalue weighted by molar-refractivity contribution is 7.12. The lowest BCUT2D eigenvalue weighted by molar-refractivity contribution is -0.123. The van der Waals surface area contributed by atoms with Gasteiger partial charge in [0.05, 0.1) is 0 Å². The predicted molar refractivity (Wildman–Crippen MR) is 56.9 cm³/mol. The number of hydrogen-bond donors (Lipinski definition) is 2. The summed E-state index contributed by atoms with van der Waals surface area (Å²) in [5.74, 6) is 5.46. The summed E-state index contributed by atoms with van der Waals surface area (Å²) in [4.78, 5) is 2.35. The van der Waals surface area contributed by atoms with Crippen LogP contribution in [0.4, 0.5) is 0 Å². The lowest BCUT2D eigenvalue weighted by Gasteiger charge is -2.22. The molecular weight excluding hydrogens is 200 g/mol. The fourth-order valence-electron chi connectivity index (χ4n) is 1.28. The second-order valence-corrected chi connectivity index (χ2v) is 4.25. The van der Waals surface area contributed by atoms with Crippen molar-refractivity contribution in [3.63, 3.8) is 0 Å². The van der Waals surface area contributed by atoms with Gasteiger partial charge in [0.1, 0.15) is 6.04 Å². The first kappa shape index (κ1) is 11.6. The normalized spacial score (nSPS) is 13.5. The minimum absolute atomic E-state index is 0.122. The molecule has 4 nitrogen and oxygen atoms in total. The minimum Gasteiger partial charge on any atom is -0.354 e. The van der Waals surface area contributed by atoms with E-state index in [0.717, 1.165) is 4.88 Å². The first-order valence-corrected chi connectivity index (χ1v) is 5.12. The summed E-state index contributed by atoms with van der Waals surface area (Å²) in [6.07, 6.45) is -0.363. The molecule has 5 heteroatoms. The summed E-state index contributed by atoms with van der Waals surface area (Å²) in [6, 6.07) is 3.95. The average molecular weight is 216 g/mol. The maximum atomic E-state index is 5.46. The van der Waals surface area contributed by atoms with Gasteiger partial charge in [0.15, 0.2) is 6.29 Å². The topological polar surface area (TPSA) is 56.5 Å². The molecule has 0 saturated heterocycles. The molecule has 3 N–H and O–H groups in total. The molecule has 80 valence electrons. The Morgan fingerprint density at radius 3 is 2.36 bits per heavy atom. The van der Waals surface area contributed by atoms with Crippen molar-refractivity contribution in [1.82, 2.24) is 5.43 Å². The van der Waals surface area contributed by atoms with E-state index in [4.69, 9.17) is 15.3 Å². The quantitative estimate of drug-likeness (QED) is 0.441. The molecule has 14 heavy (non-hydrogen) atoms. The fraction of sp³-hybridized carbons (Fsp3) is 0.556. The van der Waals surface area contributed by atoms with Crippen molar-refractivity contribution >= 4 is 11.3 Å². The van der Waals surface area contributed by atoms with Gasteiger partial charge in [0, 0.05) is 24.0 Å². The molecule has 0 saturated carbocycles. The van der Waals surface area contributed by atoms with E-state index in [1.54, 1.807) is 25.6 Å². The van der Waals surface area contributed by atoms with Crippen LogP contribution in [0.25, 0.3) is 0 Å². The van der Waals surface area contributed by atoms with Gasteiger partial charge in [-0.2, -0.15) is 0 Å². The van der Waals surface area contributed by atoms with Gasteiger partial charge in [-0.05, 0) is 19.1 Å².